The van der Waals surface area contributed by atoms with Gasteiger partial charge in [0.2, 0.25) is 5.91 Å². The molecule has 0 spiro atoms. The average Bonchev–Trinajstić information content (AvgIpc) is 2.65. The SMILES string of the molecule is Cc1cccc(CN2CCN(S(=O)(=O)NCc3ccccc3)C(C)C2=O)c1. The third kappa shape index (κ3) is 4.74. The summed E-state index contributed by atoms with van der Waals surface area (Å²) in [5.41, 5.74) is 3.06. The fourth-order valence-electron chi connectivity index (χ4n) is 3.28. The van der Waals surface area contributed by atoms with Crippen LogP contribution in [0.3, 0.4) is 0 Å². The molecule has 1 aliphatic rings. The van der Waals surface area contributed by atoms with Gasteiger partial charge in [0.1, 0.15) is 6.04 Å². The molecular weight excluding hydrogens is 362 g/mol. The zero-order valence-corrected chi connectivity index (χ0v) is 16.4. The Morgan fingerprint density at radius 1 is 1.04 bits per heavy atom. The van der Waals surface area contributed by atoms with Gasteiger partial charge in [0.25, 0.3) is 10.2 Å². The van der Waals surface area contributed by atoms with Gasteiger partial charge in [0.15, 0.2) is 0 Å². The van der Waals surface area contributed by atoms with Crippen molar-refractivity contribution in [3.63, 3.8) is 0 Å². The Bertz CT molecular complexity index is 900. The van der Waals surface area contributed by atoms with Crippen molar-refractivity contribution in [1.82, 2.24) is 13.9 Å². The minimum atomic E-state index is -3.73. The van der Waals surface area contributed by atoms with Crippen LogP contribution in [0, 0.1) is 6.92 Å². The molecule has 1 fully saturated rings. The van der Waals surface area contributed by atoms with Crippen LogP contribution in [0.25, 0.3) is 0 Å². The normalized spacial score (nSPS) is 18.7. The van der Waals surface area contributed by atoms with Gasteiger partial charge < -0.3 is 4.90 Å². The molecule has 1 saturated heterocycles. The maximum absolute atomic E-state index is 12.7. The van der Waals surface area contributed by atoms with E-state index in [0.717, 1.165) is 16.7 Å². The number of amides is 1. The number of aryl methyl sites for hydroxylation is 1. The monoisotopic (exact) mass is 387 g/mol. The summed E-state index contributed by atoms with van der Waals surface area (Å²) in [6, 6.07) is 16.6. The lowest BCUT2D eigenvalue weighted by Gasteiger charge is -2.38. The number of nitrogens with zero attached hydrogens (tertiary/aromatic N) is 2. The molecule has 0 saturated carbocycles. The largest absolute Gasteiger partial charge is 0.336 e. The molecule has 3 rings (SSSR count). The van der Waals surface area contributed by atoms with Gasteiger partial charge in [0, 0.05) is 26.2 Å². The summed E-state index contributed by atoms with van der Waals surface area (Å²) in [6.07, 6.45) is 0. The van der Waals surface area contributed by atoms with Crippen molar-refractivity contribution in [1.29, 1.82) is 0 Å². The Morgan fingerprint density at radius 3 is 2.44 bits per heavy atom. The van der Waals surface area contributed by atoms with Gasteiger partial charge in [-0.1, -0.05) is 60.2 Å². The quantitative estimate of drug-likeness (QED) is 0.825. The van der Waals surface area contributed by atoms with E-state index in [9.17, 15) is 13.2 Å². The molecule has 2 aromatic carbocycles. The first-order valence-corrected chi connectivity index (χ1v) is 10.5. The van der Waals surface area contributed by atoms with Crippen LogP contribution in [0.5, 0.6) is 0 Å². The number of hydrogen-bond acceptors (Lipinski definition) is 3. The molecule has 0 aliphatic carbocycles. The van der Waals surface area contributed by atoms with Gasteiger partial charge >= 0.3 is 0 Å². The second kappa shape index (κ2) is 8.21. The Kier molecular flexibility index (Phi) is 5.94. The van der Waals surface area contributed by atoms with Gasteiger partial charge in [-0.15, -0.1) is 0 Å². The van der Waals surface area contributed by atoms with Crippen LogP contribution in [0.15, 0.2) is 54.6 Å². The van der Waals surface area contributed by atoms with E-state index >= 15 is 0 Å². The zero-order valence-electron chi connectivity index (χ0n) is 15.6. The fraction of sp³-hybridized carbons (Fsp3) is 0.350. The van der Waals surface area contributed by atoms with E-state index in [-0.39, 0.29) is 19.0 Å². The second-order valence-corrected chi connectivity index (χ2v) is 8.56. The van der Waals surface area contributed by atoms with Crippen LogP contribution in [-0.2, 0) is 28.1 Å². The van der Waals surface area contributed by atoms with Gasteiger partial charge in [-0.3, -0.25) is 4.79 Å². The number of rotatable bonds is 6. The highest BCUT2D eigenvalue weighted by atomic mass is 32.2. The molecular formula is C20H25N3O3S. The number of benzene rings is 2. The molecule has 27 heavy (non-hydrogen) atoms. The van der Waals surface area contributed by atoms with Crippen LogP contribution in [0.2, 0.25) is 0 Å². The molecule has 0 aromatic heterocycles. The molecule has 144 valence electrons. The Balaban J connectivity index is 1.64. The maximum Gasteiger partial charge on any atom is 0.280 e. The van der Waals surface area contributed by atoms with E-state index < -0.39 is 16.3 Å². The van der Waals surface area contributed by atoms with Gasteiger partial charge in [-0.2, -0.15) is 17.4 Å². The summed E-state index contributed by atoms with van der Waals surface area (Å²) in [5.74, 6) is -0.173. The van der Waals surface area contributed by atoms with Crippen molar-refractivity contribution < 1.29 is 13.2 Å². The molecule has 1 unspecified atom stereocenters. The van der Waals surface area contributed by atoms with E-state index in [1.165, 1.54) is 4.31 Å². The minimum absolute atomic E-state index is 0.173. The molecule has 1 amide bonds. The van der Waals surface area contributed by atoms with Gasteiger partial charge in [-0.05, 0) is 25.0 Å². The Morgan fingerprint density at radius 2 is 1.74 bits per heavy atom. The minimum Gasteiger partial charge on any atom is -0.336 e. The number of hydrogen-bond donors (Lipinski definition) is 1. The maximum atomic E-state index is 12.7. The highest BCUT2D eigenvalue weighted by molar-refractivity contribution is 7.87. The lowest BCUT2D eigenvalue weighted by molar-refractivity contribution is -0.138. The van der Waals surface area contributed by atoms with Gasteiger partial charge in [-0.25, -0.2) is 0 Å². The average molecular weight is 388 g/mol. The van der Waals surface area contributed by atoms with E-state index in [0.29, 0.717) is 13.1 Å². The molecule has 1 aliphatic heterocycles. The number of carbonyl (C=O) groups is 1. The molecule has 0 bridgehead atoms. The topological polar surface area (TPSA) is 69.7 Å². The summed E-state index contributed by atoms with van der Waals surface area (Å²) >= 11 is 0. The molecule has 0 radical (unpaired) electrons. The summed E-state index contributed by atoms with van der Waals surface area (Å²) < 4.78 is 29.2. The van der Waals surface area contributed by atoms with Crippen molar-refractivity contribution in [2.75, 3.05) is 13.1 Å². The van der Waals surface area contributed by atoms with Crippen molar-refractivity contribution in [3.8, 4) is 0 Å². The van der Waals surface area contributed by atoms with Crippen LogP contribution in [0.4, 0.5) is 0 Å². The molecule has 1 atom stereocenters. The predicted molar refractivity (Wildman–Crippen MR) is 105 cm³/mol. The Labute approximate surface area is 161 Å². The van der Waals surface area contributed by atoms with E-state index in [1.54, 1.807) is 11.8 Å². The van der Waals surface area contributed by atoms with Crippen molar-refractivity contribution in [2.45, 2.75) is 33.0 Å². The van der Waals surface area contributed by atoms with Crippen LogP contribution in [-0.4, -0.2) is 42.7 Å². The van der Waals surface area contributed by atoms with E-state index in [2.05, 4.69) is 4.72 Å². The van der Waals surface area contributed by atoms with Crippen molar-refractivity contribution in [2.24, 2.45) is 0 Å². The summed E-state index contributed by atoms with van der Waals surface area (Å²) in [4.78, 5) is 14.5. The van der Waals surface area contributed by atoms with Crippen molar-refractivity contribution >= 4 is 16.1 Å². The predicted octanol–water partition coefficient (Wildman–Crippen LogP) is 2.06. The third-order valence-electron chi connectivity index (χ3n) is 4.76. The summed E-state index contributed by atoms with van der Waals surface area (Å²) in [5, 5.41) is 0. The molecule has 1 N–H and O–H groups in total. The molecule has 1 heterocycles. The first kappa shape index (κ1) is 19.5. The first-order chi connectivity index (χ1) is 12.9. The lowest BCUT2D eigenvalue weighted by Crippen LogP contribution is -2.59. The molecule has 6 nitrogen and oxygen atoms in total. The second-order valence-electron chi connectivity index (χ2n) is 6.85. The summed E-state index contributed by atoms with van der Waals surface area (Å²) in [7, 11) is -3.73. The van der Waals surface area contributed by atoms with Crippen LogP contribution < -0.4 is 4.72 Å². The highest BCUT2D eigenvalue weighted by Crippen LogP contribution is 2.18. The zero-order chi connectivity index (χ0) is 19.4. The summed E-state index contributed by atoms with van der Waals surface area (Å²) in [6.45, 7) is 5.01. The Hall–Kier alpha value is -2.22. The van der Waals surface area contributed by atoms with Crippen molar-refractivity contribution in [3.05, 3.63) is 71.3 Å². The molecule has 2 aromatic rings. The number of carbonyl (C=O) groups excluding carboxylic acids is 1. The van der Waals surface area contributed by atoms with E-state index in [4.69, 9.17) is 0 Å². The van der Waals surface area contributed by atoms with Gasteiger partial charge in [0.05, 0.1) is 0 Å². The number of piperazine rings is 1. The van der Waals surface area contributed by atoms with Crippen LogP contribution >= 0.6 is 0 Å². The standard InChI is InChI=1S/C20H25N3O3S/c1-16-7-6-10-19(13-16)15-22-11-12-23(17(2)20(22)24)27(25,26)21-14-18-8-4-3-5-9-18/h3-10,13,17,21H,11-12,14-15H2,1-2H3. The fourth-order valence-corrected chi connectivity index (χ4v) is 4.62. The highest BCUT2D eigenvalue weighted by Gasteiger charge is 2.38. The third-order valence-corrected chi connectivity index (χ3v) is 6.38. The number of nitrogens with one attached hydrogen (secondary N) is 1. The first-order valence-electron chi connectivity index (χ1n) is 9.01. The lowest BCUT2D eigenvalue weighted by atomic mass is 10.1. The van der Waals surface area contributed by atoms with Crippen LogP contribution in [0.1, 0.15) is 23.6 Å². The van der Waals surface area contributed by atoms with E-state index in [1.807, 2.05) is 61.5 Å². The molecule has 7 heteroatoms. The smallest absolute Gasteiger partial charge is 0.280 e.